The van der Waals surface area contributed by atoms with E-state index in [1.165, 1.54) is 28.5 Å². The van der Waals surface area contributed by atoms with Crippen LogP contribution in [0.4, 0.5) is 0 Å². The van der Waals surface area contributed by atoms with Crippen molar-refractivity contribution >= 4 is 40.4 Å². The van der Waals surface area contributed by atoms with Gasteiger partial charge in [0.25, 0.3) is 5.91 Å². The summed E-state index contributed by atoms with van der Waals surface area (Å²) in [6, 6.07) is 1.46. The van der Waals surface area contributed by atoms with Crippen LogP contribution in [0.15, 0.2) is 23.2 Å². The van der Waals surface area contributed by atoms with Gasteiger partial charge in [0.2, 0.25) is 0 Å². The molecule has 0 saturated carbocycles. The molecule has 7 heteroatoms. The van der Waals surface area contributed by atoms with E-state index in [-0.39, 0.29) is 16.1 Å². The minimum Gasteiger partial charge on any atom is -0.336 e. The van der Waals surface area contributed by atoms with Crippen LogP contribution in [0.25, 0.3) is 0 Å². The molecule has 0 saturated heterocycles. The largest absolute Gasteiger partial charge is 0.336 e. The molecular formula is C11H9Cl2N3OS. The van der Waals surface area contributed by atoms with Gasteiger partial charge in [0.1, 0.15) is 5.15 Å². The van der Waals surface area contributed by atoms with E-state index in [1.807, 2.05) is 5.38 Å². The summed E-state index contributed by atoms with van der Waals surface area (Å²) in [5.41, 5.74) is 2.91. The van der Waals surface area contributed by atoms with Crippen molar-refractivity contribution in [3.63, 3.8) is 0 Å². The lowest BCUT2D eigenvalue weighted by Gasteiger charge is -2.16. The van der Waals surface area contributed by atoms with Gasteiger partial charge in [-0.3, -0.25) is 4.79 Å². The number of thiazole rings is 1. The fourth-order valence-corrected chi connectivity index (χ4v) is 2.30. The summed E-state index contributed by atoms with van der Waals surface area (Å²) in [4.78, 5) is 21.6. The van der Waals surface area contributed by atoms with Crippen LogP contribution in [0.2, 0.25) is 10.2 Å². The fourth-order valence-electron chi connectivity index (χ4n) is 1.41. The summed E-state index contributed by atoms with van der Waals surface area (Å²) >= 11 is 13.2. The minimum absolute atomic E-state index is 0.211. The Labute approximate surface area is 118 Å². The smallest absolute Gasteiger partial charge is 0.255 e. The molecule has 4 nitrogen and oxygen atoms in total. The third kappa shape index (κ3) is 2.98. The Bertz CT molecular complexity index is 559. The first-order valence-electron chi connectivity index (χ1n) is 5.01. The minimum atomic E-state index is -0.211. The van der Waals surface area contributed by atoms with Gasteiger partial charge in [-0.1, -0.05) is 23.2 Å². The van der Waals surface area contributed by atoms with Crippen molar-refractivity contribution in [1.29, 1.82) is 0 Å². The molecule has 1 amide bonds. The van der Waals surface area contributed by atoms with Gasteiger partial charge in [-0.2, -0.15) is 0 Å². The van der Waals surface area contributed by atoms with Gasteiger partial charge in [-0.05, 0) is 6.07 Å². The van der Waals surface area contributed by atoms with Crippen LogP contribution in [0, 0.1) is 0 Å². The summed E-state index contributed by atoms with van der Waals surface area (Å²) in [7, 11) is 1.69. The Balaban J connectivity index is 2.17. The van der Waals surface area contributed by atoms with E-state index in [4.69, 9.17) is 23.2 Å². The zero-order chi connectivity index (χ0) is 13.1. The Morgan fingerprint density at radius 2 is 2.22 bits per heavy atom. The highest BCUT2D eigenvalue weighted by Crippen LogP contribution is 2.20. The molecule has 0 aliphatic rings. The molecule has 0 spiro atoms. The number of pyridine rings is 1. The highest BCUT2D eigenvalue weighted by molar-refractivity contribution is 7.07. The van der Waals surface area contributed by atoms with E-state index < -0.39 is 0 Å². The van der Waals surface area contributed by atoms with Crippen molar-refractivity contribution in [2.24, 2.45) is 0 Å². The zero-order valence-corrected chi connectivity index (χ0v) is 11.8. The molecule has 2 rings (SSSR count). The molecule has 0 aromatic carbocycles. The Hall–Kier alpha value is -1.17. The van der Waals surface area contributed by atoms with Crippen molar-refractivity contribution in [3.05, 3.63) is 44.6 Å². The maximum atomic E-state index is 12.2. The predicted molar refractivity (Wildman–Crippen MR) is 72.2 cm³/mol. The van der Waals surface area contributed by atoms with Gasteiger partial charge < -0.3 is 4.90 Å². The Kier molecular flexibility index (Phi) is 4.16. The van der Waals surface area contributed by atoms with Gasteiger partial charge in [-0.15, -0.1) is 11.3 Å². The molecule has 0 unspecified atom stereocenters. The van der Waals surface area contributed by atoms with E-state index in [0.717, 1.165) is 5.69 Å². The first-order valence-corrected chi connectivity index (χ1v) is 6.71. The summed E-state index contributed by atoms with van der Waals surface area (Å²) < 4.78 is 0. The summed E-state index contributed by atoms with van der Waals surface area (Å²) in [6.45, 7) is 0.429. The molecule has 0 aliphatic heterocycles. The normalized spacial score (nSPS) is 10.4. The van der Waals surface area contributed by atoms with Crippen LogP contribution in [0.3, 0.4) is 0 Å². The second kappa shape index (κ2) is 5.65. The number of hydrogen-bond donors (Lipinski definition) is 0. The number of carbonyl (C=O) groups is 1. The lowest BCUT2D eigenvalue weighted by atomic mass is 10.2. The summed E-state index contributed by atoms with van der Waals surface area (Å²) in [6.07, 6.45) is 1.37. The molecule has 0 N–H and O–H groups in total. The number of carbonyl (C=O) groups excluding carboxylic acids is 1. The molecule has 2 aromatic rings. The highest BCUT2D eigenvalue weighted by Gasteiger charge is 2.16. The predicted octanol–water partition coefficient (Wildman–Crippen LogP) is 3.12. The molecule has 0 atom stereocenters. The van der Waals surface area contributed by atoms with Gasteiger partial charge >= 0.3 is 0 Å². The van der Waals surface area contributed by atoms with Crippen LogP contribution in [0.1, 0.15) is 16.1 Å². The molecule has 0 aliphatic carbocycles. The zero-order valence-electron chi connectivity index (χ0n) is 9.43. The van der Waals surface area contributed by atoms with E-state index in [9.17, 15) is 4.79 Å². The van der Waals surface area contributed by atoms with Gasteiger partial charge in [0, 0.05) is 18.6 Å². The topological polar surface area (TPSA) is 46.1 Å². The van der Waals surface area contributed by atoms with Gasteiger partial charge in [0.05, 0.1) is 28.3 Å². The molecule has 94 valence electrons. The molecular weight excluding hydrogens is 293 g/mol. The third-order valence-electron chi connectivity index (χ3n) is 2.28. The second-order valence-corrected chi connectivity index (χ2v) is 5.14. The average molecular weight is 302 g/mol. The van der Waals surface area contributed by atoms with Crippen molar-refractivity contribution in [1.82, 2.24) is 14.9 Å². The number of nitrogens with zero attached hydrogens (tertiary/aromatic N) is 3. The van der Waals surface area contributed by atoms with E-state index >= 15 is 0 Å². The maximum absolute atomic E-state index is 12.2. The second-order valence-electron chi connectivity index (χ2n) is 3.63. The summed E-state index contributed by atoms with van der Waals surface area (Å²) in [5.74, 6) is -0.211. The number of halogens is 2. The monoisotopic (exact) mass is 301 g/mol. The number of hydrogen-bond acceptors (Lipinski definition) is 4. The average Bonchev–Trinajstić information content (AvgIpc) is 2.84. The molecule has 2 heterocycles. The SMILES string of the molecule is CN(Cc1cscn1)C(=O)c1cc(Cl)ncc1Cl. The van der Waals surface area contributed by atoms with Crippen LogP contribution >= 0.6 is 34.5 Å². The lowest BCUT2D eigenvalue weighted by Crippen LogP contribution is -2.26. The maximum Gasteiger partial charge on any atom is 0.255 e. The van der Waals surface area contributed by atoms with Gasteiger partial charge in [0.15, 0.2) is 0 Å². The van der Waals surface area contributed by atoms with Crippen LogP contribution in [0.5, 0.6) is 0 Å². The first-order chi connectivity index (χ1) is 8.58. The quantitative estimate of drug-likeness (QED) is 0.818. The molecule has 0 radical (unpaired) electrons. The fraction of sp³-hybridized carbons (Fsp3) is 0.182. The van der Waals surface area contributed by atoms with E-state index in [1.54, 1.807) is 12.6 Å². The summed E-state index contributed by atoms with van der Waals surface area (Å²) in [5, 5.41) is 2.42. The van der Waals surface area contributed by atoms with E-state index in [0.29, 0.717) is 12.1 Å². The highest BCUT2D eigenvalue weighted by atomic mass is 35.5. The molecule has 0 fully saturated rings. The number of aromatic nitrogens is 2. The van der Waals surface area contributed by atoms with Gasteiger partial charge in [-0.25, -0.2) is 9.97 Å². The van der Waals surface area contributed by atoms with Crippen molar-refractivity contribution in [2.45, 2.75) is 6.54 Å². The van der Waals surface area contributed by atoms with E-state index in [2.05, 4.69) is 9.97 Å². The molecule has 0 bridgehead atoms. The first kappa shape index (κ1) is 13.3. The number of amides is 1. The lowest BCUT2D eigenvalue weighted by molar-refractivity contribution is 0.0783. The van der Waals surface area contributed by atoms with Crippen molar-refractivity contribution in [2.75, 3.05) is 7.05 Å². The standard InChI is InChI=1S/C11H9Cl2N3OS/c1-16(4-7-5-18-6-15-7)11(17)8-2-10(13)14-3-9(8)12/h2-3,5-6H,4H2,1H3. The Morgan fingerprint density at radius 3 is 2.89 bits per heavy atom. The van der Waals surface area contributed by atoms with Crippen molar-refractivity contribution < 1.29 is 4.79 Å². The Morgan fingerprint density at radius 1 is 1.44 bits per heavy atom. The number of rotatable bonds is 3. The third-order valence-corrected chi connectivity index (χ3v) is 3.42. The van der Waals surface area contributed by atoms with Crippen molar-refractivity contribution in [3.8, 4) is 0 Å². The van der Waals surface area contributed by atoms with Crippen LogP contribution < -0.4 is 0 Å². The van der Waals surface area contributed by atoms with Crippen LogP contribution in [-0.2, 0) is 6.54 Å². The van der Waals surface area contributed by atoms with Crippen LogP contribution in [-0.4, -0.2) is 27.8 Å². The molecule has 2 aromatic heterocycles. The molecule has 18 heavy (non-hydrogen) atoms.